The molecule has 0 bridgehead atoms. The zero-order chi connectivity index (χ0) is 12.5. The number of nitrogens with zero attached hydrogens (tertiary/aromatic N) is 2. The first-order valence-corrected chi connectivity index (χ1v) is 5.83. The maximum atomic E-state index is 6.06. The average Bonchev–Trinajstić information content (AvgIpc) is 2.39. The minimum Gasteiger partial charge on any atom is -0.251 e. The van der Waals surface area contributed by atoms with Crippen molar-refractivity contribution < 1.29 is 0 Å². The fourth-order valence-corrected chi connectivity index (χ4v) is 2.02. The Morgan fingerprint density at radius 1 is 0.889 bits per heavy atom. The molecule has 3 heteroatoms. The van der Waals surface area contributed by atoms with Crippen LogP contribution in [0.5, 0.6) is 0 Å². The Labute approximate surface area is 107 Å². The number of aryl methyl sites for hydroxylation is 1. The lowest BCUT2D eigenvalue weighted by molar-refractivity contribution is 1.19. The van der Waals surface area contributed by atoms with Gasteiger partial charge in [-0.15, -0.1) is 0 Å². The maximum absolute atomic E-state index is 6.06. The van der Waals surface area contributed by atoms with E-state index in [9.17, 15) is 0 Å². The molecule has 0 unspecified atom stereocenters. The molecule has 0 fully saturated rings. The Bertz CT molecular complexity index is 723. The summed E-state index contributed by atoms with van der Waals surface area (Å²) in [6.07, 6.45) is 0. The van der Waals surface area contributed by atoms with E-state index in [0.717, 1.165) is 33.4 Å². The van der Waals surface area contributed by atoms with E-state index in [1.165, 1.54) is 0 Å². The second-order valence-electron chi connectivity index (χ2n) is 4.28. The topological polar surface area (TPSA) is 25.8 Å². The first-order chi connectivity index (χ1) is 8.74. The van der Waals surface area contributed by atoms with Crippen LogP contribution in [0.3, 0.4) is 0 Å². The standard InChI is InChI=1S/C15H11BN2/c1-10-5-4-8-14(17-10)15-9-12(16)11-6-2-3-7-13(11)18-15/h2-9H,1H3. The summed E-state index contributed by atoms with van der Waals surface area (Å²) < 4.78 is 0. The molecule has 0 spiro atoms. The van der Waals surface area contributed by atoms with E-state index < -0.39 is 0 Å². The Balaban J connectivity index is 2.24. The molecule has 84 valence electrons. The number of hydrogen-bond acceptors (Lipinski definition) is 2. The van der Waals surface area contributed by atoms with Crippen molar-refractivity contribution in [3.8, 4) is 11.4 Å². The number of benzene rings is 1. The number of pyridine rings is 2. The summed E-state index contributed by atoms with van der Waals surface area (Å²) in [5, 5.41) is 0.980. The van der Waals surface area contributed by atoms with Crippen molar-refractivity contribution in [1.29, 1.82) is 0 Å². The summed E-state index contributed by atoms with van der Waals surface area (Å²) >= 11 is 0. The first kappa shape index (κ1) is 11.0. The van der Waals surface area contributed by atoms with Gasteiger partial charge >= 0.3 is 0 Å². The summed E-state index contributed by atoms with van der Waals surface area (Å²) in [4.78, 5) is 9.08. The van der Waals surface area contributed by atoms with E-state index in [4.69, 9.17) is 7.85 Å². The highest BCUT2D eigenvalue weighted by Gasteiger charge is 2.05. The Morgan fingerprint density at radius 3 is 2.56 bits per heavy atom. The Kier molecular flexibility index (Phi) is 2.60. The molecular formula is C15H11BN2. The van der Waals surface area contributed by atoms with Crippen LogP contribution in [-0.4, -0.2) is 17.8 Å². The van der Waals surface area contributed by atoms with Gasteiger partial charge in [-0.2, -0.15) is 0 Å². The van der Waals surface area contributed by atoms with Crippen LogP contribution in [0.15, 0.2) is 48.5 Å². The molecule has 18 heavy (non-hydrogen) atoms. The van der Waals surface area contributed by atoms with Gasteiger partial charge < -0.3 is 0 Å². The van der Waals surface area contributed by atoms with Gasteiger partial charge in [0.25, 0.3) is 0 Å². The van der Waals surface area contributed by atoms with E-state index in [1.54, 1.807) is 0 Å². The van der Waals surface area contributed by atoms with Crippen LogP contribution >= 0.6 is 0 Å². The van der Waals surface area contributed by atoms with Crippen molar-refractivity contribution in [2.24, 2.45) is 0 Å². The smallest absolute Gasteiger partial charge is 0.114 e. The molecule has 2 aromatic heterocycles. The van der Waals surface area contributed by atoms with Gasteiger partial charge in [0.15, 0.2) is 0 Å². The molecule has 0 aliphatic carbocycles. The first-order valence-electron chi connectivity index (χ1n) is 5.83. The van der Waals surface area contributed by atoms with Crippen LogP contribution in [0, 0.1) is 6.92 Å². The van der Waals surface area contributed by atoms with Crippen LogP contribution in [0.4, 0.5) is 0 Å². The fraction of sp³-hybridized carbons (Fsp3) is 0.0667. The predicted octanol–water partition coefficient (Wildman–Crippen LogP) is 2.40. The Morgan fingerprint density at radius 2 is 1.72 bits per heavy atom. The molecule has 2 radical (unpaired) electrons. The number of para-hydroxylation sites is 1. The zero-order valence-corrected chi connectivity index (χ0v) is 10.1. The van der Waals surface area contributed by atoms with Crippen LogP contribution < -0.4 is 5.46 Å². The number of rotatable bonds is 1. The van der Waals surface area contributed by atoms with Gasteiger partial charge in [-0.1, -0.05) is 29.7 Å². The fourth-order valence-electron chi connectivity index (χ4n) is 2.02. The lowest BCUT2D eigenvalue weighted by Gasteiger charge is -2.06. The SMILES string of the molecule is [B]c1cc(-c2cccc(C)n2)nc2ccccc12. The van der Waals surface area contributed by atoms with Crippen molar-refractivity contribution in [3.05, 3.63) is 54.2 Å². The molecule has 3 aromatic rings. The molecule has 0 N–H and O–H groups in total. The van der Waals surface area contributed by atoms with Gasteiger partial charge in [0.1, 0.15) is 7.85 Å². The van der Waals surface area contributed by atoms with Crippen LogP contribution in [0.1, 0.15) is 5.69 Å². The highest BCUT2D eigenvalue weighted by molar-refractivity contribution is 6.38. The molecule has 0 saturated heterocycles. The molecule has 0 atom stereocenters. The van der Waals surface area contributed by atoms with E-state index in [-0.39, 0.29) is 0 Å². The van der Waals surface area contributed by atoms with Crippen LogP contribution in [0.2, 0.25) is 0 Å². The molecule has 1 aromatic carbocycles. The summed E-state index contributed by atoms with van der Waals surface area (Å²) in [6, 6.07) is 15.6. The molecule has 2 nitrogen and oxygen atoms in total. The normalized spacial score (nSPS) is 10.7. The maximum Gasteiger partial charge on any atom is 0.114 e. The molecule has 2 heterocycles. The van der Waals surface area contributed by atoms with Gasteiger partial charge in [-0.3, -0.25) is 4.98 Å². The van der Waals surface area contributed by atoms with Crippen molar-refractivity contribution in [2.75, 3.05) is 0 Å². The summed E-state index contributed by atoms with van der Waals surface area (Å²) in [6.45, 7) is 1.97. The molecule has 0 saturated carbocycles. The summed E-state index contributed by atoms with van der Waals surface area (Å²) in [5.74, 6) is 0. The minimum absolute atomic E-state index is 0.735. The molecule has 0 amide bonds. The monoisotopic (exact) mass is 230 g/mol. The third kappa shape index (κ3) is 1.88. The van der Waals surface area contributed by atoms with Crippen molar-refractivity contribution >= 4 is 24.2 Å². The highest BCUT2D eigenvalue weighted by Crippen LogP contribution is 2.17. The van der Waals surface area contributed by atoms with Gasteiger partial charge in [-0.25, -0.2) is 4.98 Å². The van der Waals surface area contributed by atoms with Gasteiger partial charge in [-0.05, 0) is 36.6 Å². The largest absolute Gasteiger partial charge is 0.251 e. The number of fused-ring (bicyclic) bond motifs is 1. The lowest BCUT2D eigenvalue weighted by Crippen LogP contribution is -2.06. The average molecular weight is 230 g/mol. The number of aromatic nitrogens is 2. The van der Waals surface area contributed by atoms with Gasteiger partial charge in [0, 0.05) is 5.69 Å². The predicted molar refractivity (Wildman–Crippen MR) is 75.1 cm³/mol. The van der Waals surface area contributed by atoms with E-state index >= 15 is 0 Å². The molecule has 0 aliphatic rings. The lowest BCUT2D eigenvalue weighted by atomic mass is 9.91. The third-order valence-electron chi connectivity index (χ3n) is 2.90. The third-order valence-corrected chi connectivity index (χ3v) is 2.90. The van der Waals surface area contributed by atoms with E-state index in [1.807, 2.05) is 55.5 Å². The quantitative estimate of drug-likeness (QED) is 0.600. The summed E-state index contributed by atoms with van der Waals surface area (Å²) in [5.41, 5.74) is 4.28. The van der Waals surface area contributed by atoms with E-state index in [2.05, 4.69) is 9.97 Å². The minimum atomic E-state index is 0.735. The van der Waals surface area contributed by atoms with Crippen molar-refractivity contribution in [3.63, 3.8) is 0 Å². The van der Waals surface area contributed by atoms with E-state index in [0.29, 0.717) is 0 Å². The van der Waals surface area contributed by atoms with Gasteiger partial charge in [0.05, 0.1) is 16.9 Å². The van der Waals surface area contributed by atoms with Crippen LogP contribution in [-0.2, 0) is 0 Å². The second kappa shape index (κ2) is 4.26. The summed E-state index contributed by atoms with van der Waals surface area (Å²) in [7, 11) is 6.06. The molecular weight excluding hydrogens is 219 g/mol. The zero-order valence-electron chi connectivity index (χ0n) is 10.1. The van der Waals surface area contributed by atoms with Crippen molar-refractivity contribution in [1.82, 2.24) is 9.97 Å². The highest BCUT2D eigenvalue weighted by atomic mass is 14.8. The molecule has 3 rings (SSSR count). The van der Waals surface area contributed by atoms with Gasteiger partial charge in [0.2, 0.25) is 0 Å². The second-order valence-corrected chi connectivity index (χ2v) is 4.28. The van der Waals surface area contributed by atoms with Crippen LogP contribution in [0.25, 0.3) is 22.3 Å². The van der Waals surface area contributed by atoms with Crippen molar-refractivity contribution in [2.45, 2.75) is 6.92 Å². The molecule has 0 aliphatic heterocycles. The Hall–Kier alpha value is -2.16. The number of hydrogen-bond donors (Lipinski definition) is 0.